The van der Waals surface area contributed by atoms with Crippen LogP contribution < -0.4 is 5.73 Å². The van der Waals surface area contributed by atoms with Gasteiger partial charge in [0.2, 0.25) is 0 Å². The van der Waals surface area contributed by atoms with E-state index in [1.165, 1.54) is 5.56 Å². The third-order valence-corrected chi connectivity index (χ3v) is 5.70. The van der Waals surface area contributed by atoms with E-state index in [0.717, 1.165) is 16.7 Å². The summed E-state index contributed by atoms with van der Waals surface area (Å²) in [6.07, 6.45) is 0.696. The highest BCUT2D eigenvalue weighted by Crippen LogP contribution is 2.20. The largest absolute Gasteiger partial charge is 0.378 e. The van der Waals surface area contributed by atoms with Gasteiger partial charge in [0.15, 0.2) is 0 Å². The molecule has 0 fully saturated rings. The molecule has 0 heterocycles. The smallest absolute Gasteiger partial charge is 0.144 e. The van der Waals surface area contributed by atoms with E-state index in [0.29, 0.717) is 6.54 Å². The highest BCUT2D eigenvalue weighted by molar-refractivity contribution is 6.14. The van der Waals surface area contributed by atoms with Gasteiger partial charge in [-0.25, -0.2) is 0 Å². The molecule has 0 saturated heterocycles. The van der Waals surface area contributed by atoms with Crippen molar-refractivity contribution in [2.24, 2.45) is 5.73 Å². The molecule has 5 nitrogen and oxygen atoms in total. The molecule has 22 heavy (non-hydrogen) atoms. The lowest BCUT2D eigenvalue weighted by atomic mass is 10.1. The van der Waals surface area contributed by atoms with Gasteiger partial charge in [-0.05, 0) is 18.9 Å². The van der Waals surface area contributed by atoms with E-state index in [9.17, 15) is 0 Å². The maximum absolute atomic E-state index is 6.27. The van der Waals surface area contributed by atoms with E-state index in [1.807, 2.05) is 25.1 Å². The third-order valence-electron chi connectivity index (χ3n) is 3.98. The summed E-state index contributed by atoms with van der Waals surface area (Å²) in [5, 5.41) is 1.25. The first kappa shape index (κ1) is 21.5. The van der Waals surface area contributed by atoms with E-state index in [-0.39, 0.29) is 24.6 Å². The van der Waals surface area contributed by atoms with Crippen LogP contribution in [0.2, 0.25) is 0 Å². The minimum atomic E-state index is -0.558. The van der Waals surface area contributed by atoms with Gasteiger partial charge in [0.25, 0.3) is 0 Å². The first-order valence-corrected chi connectivity index (χ1v) is 8.17. The molecule has 0 saturated carbocycles. The fourth-order valence-corrected chi connectivity index (χ4v) is 2.92. The zero-order valence-electron chi connectivity index (χ0n) is 14.1. The second kappa shape index (κ2) is 10.3. The lowest BCUT2D eigenvalue weighted by molar-refractivity contribution is -0.282. The molecule has 1 aromatic rings. The molecule has 7 heteroatoms. The van der Waals surface area contributed by atoms with Crippen molar-refractivity contribution in [3.05, 3.63) is 35.9 Å². The van der Waals surface area contributed by atoms with Gasteiger partial charge in [-0.2, -0.15) is 5.06 Å². The molecule has 0 aliphatic heterocycles. The molecule has 1 rings (SSSR count). The van der Waals surface area contributed by atoms with Crippen LogP contribution in [0.25, 0.3) is 0 Å². The van der Waals surface area contributed by atoms with E-state index in [2.05, 4.69) is 12.1 Å². The van der Waals surface area contributed by atoms with Crippen molar-refractivity contribution >= 4 is 22.6 Å². The van der Waals surface area contributed by atoms with Gasteiger partial charge in [-0.15, -0.1) is 12.4 Å². The van der Waals surface area contributed by atoms with Gasteiger partial charge in [0.1, 0.15) is 5.35 Å². The molecular weight excluding hydrogens is 320 g/mol. The van der Waals surface area contributed by atoms with Crippen LogP contribution in [0, 0.1) is 0 Å². The van der Waals surface area contributed by atoms with Gasteiger partial charge < -0.3 is 15.2 Å². The number of nitrogens with two attached hydrogens (primary N) is 1. The predicted octanol–water partition coefficient (Wildman–Crippen LogP) is 0.542. The van der Waals surface area contributed by atoms with Crippen LogP contribution >= 0.6 is 12.4 Å². The average molecular weight is 349 g/mol. The first-order chi connectivity index (χ1) is 9.97. The van der Waals surface area contributed by atoms with Crippen LogP contribution in [-0.4, -0.2) is 60.7 Å². The Labute approximate surface area is 142 Å². The van der Waals surface area contributed by atoms with Crippen LogP contribution in [0.15, 0.2) is 30.3 Å². The Hall–Kier alpha value is -0.473. The maximum Gasteiger partial charge on any atom is 0.144 e. The highest BCUT2D eigenvalue weighted by Gasteiger charge is 2.39. The zero-order valence-corrected chi connectivity index (χ0v) is 16.9. The number of ether oxygens (including phenoxy) is 2. The molecule has 0 spiro atoms. The Morgan fingerprint density at radius 3 is 2.27 bits per heavy atom. The molecule has 3 unspecified atom stereocenters. The lowest BCUT2D eigenvalue weighted by Gasteiger charge is -2.42. The number of rotatable bonds is 9. The summed E-state index contributed by atoms with van der Waals surface area (Å²) in [5.41, 5.74) is 7.49. The van der Waals surface area contributed by atoms with Gasteiger partial charge >= 0.3 is 0 Å². The molecule has 128 valence electrons. The third kappa shape index (κ3) is 5.62. The molecule has 2 N–H and O–H groups in total. The molecule has 0 bridgehead atoms. The minimum Gasteiger partial charge on any atom is -0.378 e. The van der Waals surface area contributed by atoms with Crippen molar-refractivity contribution in [3.63, 3.8) is 0 Å². The fourth-order valence-electron chi connectivity index (χ4n) is 2.32. The zero-order chi connectivity index (χ0) is 15.9. The number of hydroxylamine groups is 2. The molecule has 0 radical (unpaired) electrons. The van der Waals surface area contributed by atoms with E-state index >= 15 is 0 Å². The summed E-state index contributed by atoms with van der Waals surface area (Å²) in [6, 6.07) is 10.2. The monoisotopic (exact) mass is 348 g/mol. The van der Waals surface area contributed by atoms with Crippen molar-refractivity contribution in [3.8, 4) is 0 Å². The number of hydrogen-bond acceptors (Lipinski definition) is 5. The normalized spacial score (nSPS) is 16.8. The summed E-state index contributed by atoms with van der Waals surface area (Å²) in [7, 11) is 5.73. The summed E-state index contributed by atoms with van der Waals surface area (Å²) >= 11 is 0. The van der Waals surface area contributed by atoms with Crippen LogP contribution in [0.1, 0.15) is 12.5 Å². The second-order valence-corrected chi connectivity index (χ2v) is 6.76. The standard InChI is InChI=1S/C15H28N2O3Si.ClH/c1-12(18-2)15(21,19-3)17(20-4)11-14(16)10-13-8-6-5-7-9-13;/h5-9,12,14H,10-11,16H2,1-4,21H3;1H. The molecule has 0 aliphatic carbocycles. The van der Waals surface area contributed by atoms with Gasteiger partial charge in [-0.3, -0.25) is 4.84 Å². The van der Waals surface area contributed by atoms with Crippen molar-refractivity contribution in [1.29, 1.82) is 0 Å². The topological polar surface area (TPSA) is 57.0 Å². The number of hydrogen-bond donors (Lipinski definition) is 1. The van der Waals surface area contributed by atoms with Gasteiger partial charge in [0, 0.05) is 26.8 Å². The Bertz CT molecular complexity index is 413. The molecular formula is C15H29ClN2O3Si. The molecule has 1 aromatic carbocycles. The van der Waals surface area contributed by atoms with Crippen LogP contribution in [0.4, 0.5) is 0 Å². The Morgan fingerprint density at radius 2 is 1.82 bits per heavy atom. The summed E-state index contributed by atoms with van der Waals surface area (Å²) in [5.74, 6) is 0. The van der Waals surface area contributed by atoms with Gasteiger partial charge in [-0.1, -0.05) is 30.3 Å². The summed E-state index contributed by atoms with van der Waals surface area (Å²) in [4.78, 5) is 5.52. The van der Waals surface area contributed by atoms with Crippen LogP contribution in [0.3, 0.4) is 0 Å². The van der Waals surface area contributed by atoms with Crippen molar-refractivity contribution in [2.75, 3.05) is 27.9 Å². The summed E-state index contributed by atoms with van der Waals surface area (Å²) < 4.78 is 11.1. The number of halogens is 1. The summed E-state index contributed by atoms with van der Waals surface area (Å²) in [6.45, 7) is 2.56. The Morgan fingerprint density at radius 1 is 1.23 bits per heavy atom. The maximum atomic E-state index is 6.27. The Kier molecular flexibility index (Phi) is 10.1. The van der Waals surface area contributed by atoms with Crippen molar-refractivity contribution in [2.45, 2.75) is 30.8 Å². The molecule has 0 aromatic heterocycles. The van der Waals surface area contributed by atoms with Gasteiger partial charge in [0.05, 0.1) is 23.5 Å². The Balaban J connectivity index is 0.00000441. The predicted molar refractivity (Wildman–Crippen MR) is 95.2 cm³/mol. The van der Waals surface area contributed by atoms with E-state index in [4.69, 9.17) is 20.0 Å². The first-order valence-electron chi connectivity index (χ1n) is 7.17. The lowest BCUT2D eigenvalue weighted by Crippen LogP contribution is -2.60. The van der Waals surface area contributed by atoms with E-state index in [1.54, 1.807) is 26.4 Å². The number of nitrogens with zero attached hydrogens (tertiary/aromatic N) is 1. The number of methoxy groups -OCH3 is 2. The minimum absolute atomic E-state index is 0. The van der Waals surface area contributed by atoms with Crippen molar-refractivity contribution < 1.29 is 14.3 Å². The quantitative estimate of drug-likeness (QED) is 0.401. The second-order valence-electron chi connectivity index (χ2n) is 5.33. The van der Waals surface area contributed by atoms with E-state index < -0.39 is 5.35 Å². The fraction of sp³-hybridized carbons (Fsp3) is 0.600. The van der Waals surface area contributed by atoms with Crippen molar-refractivity contribution in [1.82, 2.24) is 5.06 Å². The molecule has 3 atom stereocenters. The molecule has 0 amide bonds. The van der Waals surface area contributed by atoms with Crippen LogP contribution in [-0.2, 0) is 20.7 Å². The number of benzene rings is 1. The highest BCUT2D eigenvalue weighted by atomic mass is 35.5. The molecule has 0 aliphatic rings. The average Bonchev–Trinajstić information content (AvgIpc) is 2.51. The SMILES string of the molecule is COC(C)C([SiH3])(OC)N(CC(N)Cc1ccccc1)OC.Cl. The van der Waals surface area contributed by atoms with Crippen LogP contribution in [0.5, 0.6) is 0 Å².